The Kier molecular flexibility index (Phi) is 6.26. The molecule has 0 spiro atoms. The molecular weight excluding hydrogens is 443 g/mol. The summed E-state index contributed by atoms with van der Waals surface area (Å²) in [5, 5.41) is 17.6. The fourth-order valence-corrected chi connectivity index (χ4v) is 3.97. The van der Waals surface area contributed by atoms with Crippen molar-refractivity contribution in [2.75, 3.05) is 11.9 Å². The van der Waals surface area contributed by atoms with E-state index in [0.29, 0.717) is 18.7 Å². The van der Waals surface area contributed by atoms with Gasteiger partial charge in [-0.2, -0.15) is 5.10 Å². The highest BCUT2D eigenvalue weighted by molar-refractivity contribution is 6.20. The highest BCUT2D eigenvalue weighted by Crippen LogP contribution is 2.34. The summed E-state index contributed by atoms with van der Waals surface area (Å²) in [6, 6.07) is 2.52. The van der Waals surface area contributed by atoms with Gasteiger partial charge in [0.2, 0.25) is 0 Å². The van der Waals surface area contributed by atoms with Gasteiger partial charge in [0.1, 0.15) is 22.7 Å². The van der Waals surface area contributed by atoms with Gasteiger partial charge in [-0.05, 0) is 59.1 Å². The predicted molar refractivity (Wildman–Crippen MR) is 122 cm³/mol. The van der Waals surface area contributed by atoms with E-state index in [2.05, 4.69) is 15.4 Å². The number of aromatic nitrogens is 3. The molecule has 180 valence electrons. The zero-order valence-electron chi connectivity index (χ0n) is 19.5. The Labute approximate surface area is 195 Å². The Morgan fingerprint density at radius 1 is 1.26 bits per heavy atom. The normalized spacial score (nSPS) is 16.4. The second-order valence-electron chi connectivity index (χ2n) is 9.20. The molecule has 3 aromatic rings. The maximum Gasteiger partial charge on any atom is 0.412 e. The summed E-state index contributed by atoms with van der Waals surface area (Å²) in [7, 11) is 0. The molecule has 1 unspecified atom stereocenters. The van der Waals surface area contributed by atoms with Gasteiger partial charge in [-0.25, -0.2) is 13.9 Å². The lowest BCUT2D eigenvalue weighted by Gasteiger charge is -2.23. The van der Waals surface area contributed by atoms with Crippen molar-refractivity contribution < 1.29 is 28.6 Å². The van der Waals surface area contributed by atoms with Crippen LogP contribution < -0.4 is 5.32 Å². The van der Waals surface area contributed by atoms with Gasteiger partial charge < -0.3 is 14.6 Å². The molecule has 1 aliphatic heterocycles. The van der Waals surface area contributed by atoms with Crippen molar-refractivity contribution in [1.82, 2.24) is 14.8 Å². The zero-order chi connectivity index (χ0) is 24.6. The number of anilines is 1. The van der Waals surface area contributed by atoms with Gasteiger partial charge in [0.25, 0.3) is 0 Å². The lowest BCUT2D eigenvalue weighted by Crippen LogP contribution is -2.28. The number of nitrogens with one attached hydrogen (secondary N) is 1. The van der Waals surface area contributed by atoms with E-state index >= 15 is 0 Å². The number of pyridine rings is 1. The molecular formula is C24H27FN4O5. The summed E-state index contributed by atoms with van der Waals surface area (Å²) in [5.74, 6) is -1.59. The van der Waals surface area contributed by atoms with Crippen LogP contribution >= 0.6 is 0 Å². The molecule has 1 saturated heterocycles. The molecule has 1 aromatic carbocycles. The summed E-state index contributed by atoms with van der Waals surface area (Å²) in [6.07, 6.45) is 3.85. The third-order valence-corrected chi connectivity index (χ3v) is 5.48. The number of carbonyl (C=O) groups is 2. The molecule has 0 aliphatic carbocycles. The second kappa shape index (κ2) is 9.02. The highest BCUT2D eigenvalue weighted by atomic mass is 19.1. The van der Waals surface area contributed by atoms with Crippen molar-refractivity contribution >= 4 is 28.5 Å². The minimum atomic E-state index is -0.802. The van der Waals surface area contributed by atoms with Crippen molar-refractivity contribution in [2.24, 2.45) is 0 Å². The molecule has 1 amide bonds. The lowest BCUT2D eigenvalue weighted by atomic mass is 9.98. The highest BCUT2D eigenvalue weighted by Gasteiger charge is 2.28. The van der Waals surface area contributed by atoms with Crippen LogP contribution in [0.3, 0.4) is 0 Å². The van der Waals surface area contributed by atoms with Crippen molar-refractivity contribution in [3.05, 3.63) is 47.2 Å². The van der Waals surface area contributed by atoms with E-state index in [-0.39, 0.29) is 27.7 Å². The molecule has 2 aromatic heterocycles. The van der Waals surface area contributed by atoms with Gasteiger partial charge in [-0.15, -0.1) is 0 Å². The second-order valence-corrected chi connectivity index (χ2v) is 9.20. The molecule has 0 radical (unpaired) electrons. The average molecular weight is 471 g/mol. The minimum absolute atomic E-state index is 0.0136. The third-order valence-electron chi connectivity index (χ3n) is 5.48. The molecule has 1 atom stereocenters. The van der Waals surface area contributed by atoms with Gasteiger partial charge in [0, 0.05) is 17.6 Å². The van der Waals surface area contributed by atoms with Crippen LogP contribution in [0.15, 0.2) is 24.5 Å². The van der Waals surface area contributed by atoms with E-state index in [4.69, 9.17) is 9.47 Å². The smallest absolute Gasteiger partial charge is 0.412 e. The minimum Gasteiger partial charge on any atom is -0.505 e. The summed E-state index contributed by atoms with van der Waals surface area (Å²) in [4.78, 5) is 30.1. The number of nitrogens with zero attached hydrogens (tertiary/aromatic N) is 3. The van der Waals surface area contributed by atoms with Gasteiger partial charge in [-0.1, -0.05) is 0 Å². The lowest BCUT2D eigenvalue weighted by molar-refractivity contribution is -0.0369. The number of benzene rings is 1. The standard InChI is InChI=1S/C24H27FN4O5/c1-13-20(28-23(32)34-24(2,3)4)19(17(30)12-26-13)22(31)14-8-9-16(25)21-15(14)11-27-29(21)18-7-5-6-10-33-18/h8-9,11-12,18,30H,5-7,10H2,1-4H3,(H,28,32). The molecule has 0 bridgehead atoms. The van der Waals surface area contributed by atoms with E-state index in [0.717, 1.165) is 19.0 Å². The fraction of sp³-hybridized carbons (Fsp3) is 0.417. The molecule has 1 aliphatic rings. The van der Waals surface area contributed by atoms with Crippen molar-refractivity contribution in [1.29, 1.82) is 0 Å². The van der Waals surface area contributed by atoms with Crippen molar-refractivity contribution in [3.8, 4) is 5.75 Å². The number of hydrogen-bond acceptors (Lipinski definition) is 7. The number of hydrogen-bond donors (Lipinski definition) is 2. The molecule has 0 saturated carbocycles. The van der Waals surface area contributed by atoms with Crippen LogP contribution in [0.2, 0.25) is 0 Å². The van der Waals surface area contributed by atoms with E-state index in [1.54, 1.807) is 27.7 Å². The summed E-state index contributed by atoms with van der Waals surface area (Å²) in [5.41, 5.74) is -0.369. The Bertz CT molecular complexity index is 1260. The van der Waals surface area contributed by atoms with Crippen LogP contribution in [0.25, 0.3) is 10.9 Å². The topological polar surface area (TPSA) is 116 Å². The van der Waals surface area contributed by atoms with Gasteiger partial charge in [-0.3, -0.25) is 15.1 Å². The van der Waals surface area contributed by atoms with Crippen LogP contribution in [0.4, 0.5) is 14.9 Å². The molecule has 4 rings (SSSR count). The molecule has 2 N–H and O–H groups in total. The maximum atomic E-state index is 14.9. The number of carbonyl (C=O) groups excluding carboxylic acids is 2. The van der Waals surface area contributed by atoms with E-state index < -0.39 is 35.3 Å². The summed E-state index contributed by atoms with van der Waals surface area (Å²) >= 11 is 0. The Hall–Kier alpha value is -3.53. The number of ether oxygens (including phenoxy) is 2. The van der Waals surface area contributed by atoms with Crippen LogP contribution in [0, 0.1) is 12.7 Å². The van der Waals surface area contributed by atoms with E-state index in [9.17, 15) is 19.1 Å². The number of fused-ring (bicyclic) bond motifs is 1. The van der Waals surface area contributed by atoms with E-state index in [1.165, 1.54) is 23.0 Å². The fourth-order valence-electron chi connectivity index (χ4n) is 3.97. The number of rotatable bonds is 4. The molecule has 1 fully saturated rings. The average Bonchev–Trinajstić information content (AvgIpc) is 3.22. The number of aryl methyl sites for hydroxylation is 1. The molecule has 34 heavy (non-hydrogen) atoms. The Balaban J connectivity index is 1.78. The Morgan fingerprint density at radius 3 is 2.71 bits per heavy atom. The Morgan fingerprint density at radius 2 is 2.03 bits per heavy atom. The molecule has 3 heterocycles. The van der Waals surface area contributed by atoms with Crippen LogP contribution in [0.5, 0.6) is 5.75 Å². The first-order valence-electron chi connectivity index (χ1n) is 11.1. The van der Waals surface area contributed by atoms with Gasteiger partial charge in [0.05, 0.1) is 29.3 Å². The van der Waals surface area contributed by atoms with Crippen LogP contribution in [-0.4, -0.2) is 44.0 Å². The largest absolute Gasteiger partial charge is 0.505 e. The SMILES string of the molecule is Cc1ncc(O)c(C(=O)c2ccc(F)c3c2cnn3C2CCCCO2)c1NC(=O)OC(C)(C)C. The van der Waals surface area contributed by atoms with Crippen molar-refractivity contribution in [3.63, 3.8) is 0 Å². The van der Waals surface area contributed by atoms with Gasteiger partial charge in [0.15, 0.2) is 12.0 Å². The van der Waals surface area contributed by atoms with E-state index in [1.807, 2.05) is 0 Å². The van der Waals surface area contributed by atoms with Crippen molar-refractivity contribution in [2.45, 2.75) is 58.8 Å². The first-order valence-corrected chi connectivity index (χ1v) is 11.1. The van der Waals surface area contributed by atoms with Crippen LogP contribution in [-0.2, 0) is 9.47 Å². The number of ketones is 1. The maximum absolute atomic E-state index is 14.9. The number of halogens is 1. The van der Waals surface area contributed by atoms with Gasteiger partial charge >= 0.3 is 6.09 Å². The predicted octanol–water partition coefficient (Wildman–Crippen LogP) is 4.86. The number of amides is 1. The monoisotopic (exact) mass is 470 g/mol. The number of aromatic hydroxyl groups is 1. The summed E-state index contributed by atoms with van der Waals surface area (Å²) in [6.45, 7) is 7.25. The first-order chi connectivity index (χ1) is 16.1. The first kappa shape index (κ1) is 23.6. The van der Waals surface area contributed by atoms with Crippen LogP contribution in [0.1, 0.15) is 67.9 Å². The zero-order valence-corrected chi connectivity index (χ0v) is 19.5. The molecule has 10 heteroatoms. The summed E-state index contributed by atoms with van der Waals surface area (Å²) < 4.78 is 27.4. The quantitative estimate of drug-likeness (QED) is 0.523. The molecule has 9 nitrogen and oxygen atoms in total. The third kappa shape index (κ3) is 4.58.